The van der Waals surface area contributed by atoms with Crippen molar-refractivity contribution in [2.45, 2.75) is 26.3 Å². The van der Waals surface area contributed by atoms with Gasteiger partial charge in [-0.3, -0.25) is 4.79 Å². The molecule has 3 aromatic carbocycles. The number of benzene rings is 3. The van der Waals surface area contributed by atoms with E-state index < -0.39 is 12.0 Å². The van der Waals surface area contributed by atoms with Gasteiger partial charge >= 0.3 is 5.97 Å². The number of aryl methyl sites for hydroxylation is 2. The van der Waals surface area contributed by atoms with Gasteiger partial charge in [0.1, 0.15) is 6.04 Å². The molecule has 0 aromatic heterocycles. The van der Waals surface area contributed by atoms with Crippen LogP contribution in [-0.4, -0.2) is 23.0 Å². The summed E-state index contributed by atoms with van der Waals surface area (Å²) in [4.78, 5) is 24.4. The molecule has 3 rings (SSSR count). The number of carbonyl (C=O) groups is 2. The average Bonchev–Trinajstić information content (AvgIpc) is 2.63. The fraction of sp³-hybridized carbons (Fsp3) is 0.182. The van der Waals surface area contributed by atoms with Crippen molar-refractivity contribution in [2.75, 3.05) is 0 Å². The van der Waals surface area contributed by atoms with Gasteiger partial charge in [-0.15, -0.1) is 0 Å². The summed E-state index contributed by atoms with van der Waals surface area (Å²) in [6.45, 7) is 4.00. The molecule has 0 unspecified atom stereocenters. The molecule has 0 aliphatic rings. The van der Waals surface area contributed by atoms with Gasteiger partial charge < -0.3 is 10.4 Å². The molecule has 0 heterocycles. The Morgan fingerprint density at radius 1 is 0.962 bits per heavy atom. The second-order valence-corrected chi connectivity index (χ2v) is 6.51. The van der Waals surface area contributed by atoms with E-state index in [1.165, 1.54) is 0 Å². The molecule has 0 radical (unpaired) electrons. The van der Waals surface area contributed by atoms with Crippen molar-refractivity contribution in [2.24, 2.45) is 0 Å². The Bertz CT molecular complexity index is 973. The number of carboxylic acids is 1. The zero-order valence-electron chi connectivity index (χ0n) is 14.8. The number of nitrogens with one attached hydrogen (secondary N) is 1. The van der Waals surface area contributed by atoms with Crippen molar-refractivity contribution >= 4 is 22.6 Å². The van der Waals surface area contributed by atoms with Crippen LogP contribution in [0.3, 0.4) is 0 Å². The maximum Gasteiger partial charge on any atom is 0.326 e. The molecule has 1 atom stereocenters. The Labute approximate surface area is 152 Å². The topological polar surface area (TPSA) is 66.4 Å². The van der Waals surface area contributed by atoms with Crippen LogP contribution in [0, 0.1) is 13.8 Å². The van der Waals surface area contributed by atoms with E-state index in [1.807, 2.05) is 62.4 Å². The van der Waals surface area contributed by atoms with Crippen LogP contribution in [0.5, 0.6) is 0 Å². The number of rotatable bonds is 5. The molecule has 3 aromatic rings. The largest absolute Gasteiger partial charge is 0.480 e. The van der Waals surface area contributed by atoms with Crippen LogP contribution in [0.4, 0.5) is 0 Å². The summed E-state index contributed by atoms with van der Waals surface area (Å²) in [5.41, 5.74) is 3.63. The van der Waals surface area contributed by atoms with Crippen LogP contribution in [0.25, 0.3) is 10.8 Å². The summed E-state index contributed by atoms with van der Waals surface area (Å²) >= 11 is 0. The van der Waals surface area contributed by atoms with E-state index in [0.717, 1.165) is 27.5 Å². The Balaban J connectivity index is 1.84. The first-order valence-electron chi connectivity index (χ1n) is 8.53. The van der Waals surface area contributed by atoms with Gasteiger partial charge in [-0.1, -0.05) is 54.6 Å². The smallest absolute Gasteiger partial charge is 0.326 e. The van der Waals surface area contributed by atoms with Gasteiger partial charge in [0.05, 0.1) is 0 Å². The van der Waals surface area contributed by atoms with Crippen molar-refractivity contribution in [3.8, 4) is 0 Å². The second-order valence-electron chi connectivity index (χ2n) is 6.51. The number of hydrogen-bond acceptors (Lipinski definition) is 2. The number of amides is 1. The van der Waals surface area contributed by atoms with Crippen LogP contribution in [0.15, 0.2) is 60.7 Å². The molecule has 26 heavy (non-hydrogen) atoms. The van der Waals surface area contributed by atoms with Crippen LogP contribution >= 0.6 is 0 Å². The number of carboxylic acid groups (broad SMARTS) is 1. The van der Waals surface area contributed by atoms with Crippen LogP contribution in [-0.2, 0) is 11.2 Å². The summed E-state index contributed by atoms with van der Waals surface area (Å²) in [6.07, 6.45) is 0.243. The fourth-order valence-electron chi connectivity index (χ4n) is 3.03. The monoisotopic (exact) mass is 347 g/mol. The molecule has 0 aliphatic heterocycles. The number of fused-ring (bicyclic) bond motifs is 1. The summed E-state index contributed by atoms with van der Waals surface area (Å²) < 4.78 is 0. The molecule has 4 heteroatoms. The van der Waals surface area contributed by atoms with E-state index >= 15 is 0 Å². The molecular formula is C22H21NO3. The lowest BCUT2D eigenvalue weighted by molar-refractivity contribution is -0.139. The minimum absolute atomic E-state index is 0.243. The predicted molar refractivity (Wildman–Crippen MR) is 102 cm³/mol. The quantitative estimate of drug-likeness (QED) is 0.736. The van der Waals surface area contributed by atoms with Gasteiger partial charge in [-0.25, -0.2) is 4.79 Å². The maximum absolute atomic E-state index is 12.7. The highest BCUT2D eigenvalue weighted by Gasteiger charge is 2.22. The standard InChI is InChI=1S/C22H21NO3/c1-14-10-11-16(12-15(14)2)13-20(22(25)26)23-21(24)19-9-5-7-17-6-3-4-8-18(17)19/h3-12,20H,13H2,1-2H3,(H,23,24)(H,25,26)/t20-/m1/s1. The van der Waals surface area contributed by atoms with E-state index in [9.17, 15) is 14.7 Å². The molecule has 0 aliphatic carbocycles. The van der Waals surface area contributed by atoms with Crippen molar-refractivity contribution in [3.63, 3.8) is 0 Å². The Kier molecular flexibility index (Phi) is 5.03. The first kappa shape index (κ1) is 17.7. The van der Waals surface area contributed by atoms with Crippen LogP contribution in [0.1, 0.15) is 27.0 Å². The van der Waals surface area contributed by atoms with Crippen molar-refractivity contribution in [3.05, 3.63) is 82.9 Å². The molecular weight excluding hydrogens is 326 g/mol. The highest BCUT2D eigenvalue weighted by Crippen LogP contribution is 2.19. The normalized spacial score (nSPS) is 11.9. The molecule has 0 fully saturated rings. The third-order valence-electron chi connectivity index (χ3n) is 4.65. The molecule has 1 amide bonds. The zero-order valence-corrected chi connectivity index (χ0v) is 14.8. The molecule has 132 valence electrons. The Morgan fingerprint density at radius 3 is 2.42 bits per heavy atom. The molecule has 0 saturated heterocycles. The van der Waals surface area contributed by atoms with Gasteiger partial charge in [0, 0.05) is 12.0 Å². The van der Waals surface area contributed by atoms with E-state index in [1.54, 1.807) is 12.1 Å². The second kappa shape index (κ2) is 7.40. The van der Waals surface area contributed by atoms with E-state index in [0.29, 0.717) is 5.56 Å². The van der Waals surface area contributed by atoms with Gasteiger partial charge in [0.15, 0.2) is 0 Å². The number of hydrogen-bond donors (Lipinski definition) is 2. The van der Waals surface area contributed by atoms with Gasteiger partial charge in [0.2, 0.25) is 0 Å². The van der Waals surface area contributed by atoms with E-state index in [4.69, 9.17) is 0 Å². The molecule has 0 saturated carbocycles. The summed E-state index contributed by atoms with van der Waals surface area (Å²) in [7, 11) is 0. The Hall–Kier alpha value is -3.14. The lowest BCUT2D eigenvalue weighted by atomic mass is 10.00. The highest BCUT2D eigenvalue weighted by atomic mass is 16.4. The third-order valence-corrected chi connectivity index (χ3v) is 4.65. The van der Waals surface area contributed by atoms with Crippen LogP contribution < -0.4 is 5.32 Å². The molecule has 0 bridgehead atoms. The Morgan fingerprint density at radius 2 is 1.69 bits per heavy atom. The SMILES string of the molecule is Cc1ccc(C[C@@H](NC(=O)c2cccc3ccccc23)C(=O)O)cc1C. The molecule has 2 N–H and O–H groups in total. The summed E-state index contributed by atoms with van der Waals surface area (Å²) in [6, 6.07) is 17.9. The molecule has 4 nitrogen and oxygen atoms in total. The lowest BCUT2D eigenvalue weighted by Gasteiger charge is -2.16. The lowest BCUT2D eigenvalue weighted by Crippen LogP contribution is -2.42. The van der Waals surface area contributed by atoms with Crippen LogP contribution in [0.2, 0.25) is 0 Å². The number of aliphatic carboxylic acids is 1. The van der Waals surface area contributed by atoms with E-state index in [-0.39, 0.29) is 12.3 Å². The van der Waals surface area contributed by atoms with Gasteiger partial charge in [-0.05, 0) is 47.4 Å². The minimum Gasteiger partial charge on any atom is -0.480 e. The number of carbonyl (C=O) groups excluding carboxylic acids is 1. The first-order chi connectivity index (χ1) is 12.5. The maximum atomic E-state index is 12.7. The predicted octanol–water partition coefficient (Wildman–Crippen LogP) is 3.88. The zero-order chi connectivity index (χ0) is 18.7. The van der Waals surface area contributed by atoms with Gasteiger partial charge in [-0.2, -0.15) is 0 Å². The molecule has 0 spiro atoms. The van der Waals surface area contributed by atoms with Crippen molar-refractivity contribution < 1.29 is 14.7 Å². The van der Waals surface area contributed by atoms with Crippen molar-refractivity contribution in [1.29, 1.82) is 0 Å². The fourth-order valence-corrected chi connectivity index (χ4v) is 3.03. The van der Waals surface area contributed by atoms with Crippen molar-refractivity contribution in [1.82, 2.24) is 5.32 Å². The first-order valence-corrected chi connectivity index (χ1v) is 8.53. The third kappa shape index (κ3) is 3.75. The average molecular weight is 347 g/mol. The van der Waals surface area contributed by atoms with Gasteiger partial charge in [0.25, 0.3) is 5.91 Å². The van der Waals surface area contributed by atoms with E-state index in [2.05, 4.69) is 5.32 Å². The summed E-state index contributed by atoms with van der Waals surface area (Å²) in [5, 5.41) is 14.0. The summed E-state index contributed by atoms with van der Waals surface area (Å²) in [5.74, 6) is -1.42. The highest BCUT2D eigenvalue weighted by molar-refractivity contribution is 6.07. The minimum atomic E-state index is -1.04.